The first-order valence-corrected chi connectivity index (χ1v) is 5.60. The summed E-state index contributed by atoms with van der Waals surface area (Å²) in [5.74, 6) is 1.76. The molecule has 0 aromatic carbocycles. The van der Waals surface area contributed by atoms with E-state index >= 15 is 0 Å². The molecular formula is C11H23NO. The minimum Gasteiger partial charge on any atom is -0.395 e. The zero-order valence-corrected chi connectivity index (χ0v) is 9.33. The van der Waals surface area contributed by atoms with E-state index < -0.39 is 0 Å². The molecule has 1 heterocycles. The zero-order chi connectivity index (χ0) is 10.0. The summed E-state index contributed by atoms with van der Waals surface area (Å²) in [5.41, 5.74) is 0. The molecule has 2 nitrogen and oxygen atoms in total. The second-order valence-corrected chi connectivity index (χ2v) is 4.20. The molecular weight excluding hydrogens is 162 g/mol. The van der Waals surface area contributed by atoms with Gasteiger partial charge >= 0.3 is 0 Å². The van der Waals surface area contributed by atoms with E-state index in [2.05, 4.69) is 18.7 Å². The normalized spacial score (nSPS) is 36.9. The van der Waals surface area contributed by atoms with Crippen LogP contribution >= 0.6 is 0 Å². The third-order valence-corrected chi connectivity index (χ3v) is 3.19. The van der Waals surface area contributed by atoms with Gasteiger partial charge in [0.25, 0.3) is 0 Å². The van der Waals surface area contributed by atoms with E-state index in [0.29, 0.717) is 18.7 Å². The van der Waals surface area contributed by atoms with Crippen molar-refractivity contribution in [3.8, 4) is 0 Å². The fourth-order valence-electron chi connectivity index (χ4n) is 2.44. The molecule has 0 aromatic rings. The molecule has 1 saturated carbocycles. The number of hydrogen-bond acceptors (Lipinski definition) is 2. The number of nitrogens with zero attached hydrogens (tertiary/aromatic N) is 1. The van der Waals surface area contributed by atoms with Crippen LogP contribution in [0.1, 0.15) is 34.1 Å². The SMILES string of the molecule is CC.CC(C)N1CC2CC2C1CO. The Morgan fingerprint density at radius 1 is 1.38 bits per heavy atom. The minimum absolute atomic E-state index is 0.360. The van der Waals surface area contributed by atoms with Crippen LogP contribution in [0.25, 0.3) is 0 Å². The third-order valence-electron chi connectivity index (χ3n) is 3.19. The van der Waals surface area contributed by atoms with Crippen LogP contribution in [-0.2, 0) is 0 Å². The largest absolute Gasteiger partial charge is 0.395 e. The number of likely N-dealkylation sites (tertiary alicyclic amines) is 1. The minimum atomic E-state index is 0.360. The first-order valence-electron chi connectivity index (χ1n) is 5.60. The van der Waals surface area contributed by atoms with E-state index in [0.717, 1.165) is 11.8 Å². The van der Waals surface area contributed by atoms with Crippen molar-refractivity contribution in [2.75, 3.05) is 13.2 Å². The summed E-state index contributed by atoms with van der Waals surface area (Å²) in [6, 6.07) is 1.10. The van der Waals surface area contributed by atoms with Crippen LogP contribution in [0.4, 0.5) is 0 Å². The molecule has 1 saturated heterocycles. The number of hydrogen-bond donors (Lipinski definition) is 1. The lowest BCUT2D eigenvalue weighted by atomic mass is 10.2. The van der Waals surface area contributed by atoms with Crippen LogP contribution in [0, 0.1) is 11.8 Å². The lowest BCUT2D eigenvalue weighted by Gasteiger charge is -2.29. The van der Waals surface area contributed by atoms with Gasteiger partial charge in [0.15, 0.2) is 0 Å². The van der Waals surface area contributed by atoms with Gasteiger partial charge in [0.1, 0.15) is 0 Å². The average molecular weight is 185 g/mol. The molecule has 1 aliphatic carbocycles. The van der Waals surface area contributed by atoms with Gasteiger partial charge in [-0.15, -0.1) is 0 Å². The molecule has 2 heteroatoms. The Kier molecular flexibility index (Phi) is 3.74. The van der Waals surface area contributed by atoms with Gasteiger partial charge in [-0.05, 0) is 32.1 Å². The molecule has 0 aromatic heterocycles. The standard InChI is InChI=1S/C9H17NO.C2H6/c1-6(2)10-4-7-3-8(7)9(10)5-11;1-2/h6-9,11H,3-5H2,1-2H3;1-2H3. The van der Waals surface area contributed by atoms with Crippen molar-refractivity contribution < 1.29 is 5.11 Å². The van der Waals surface area contributed by atoms with Gasteiger partial charge in [0, 0.05) is 18.6 Å². The molecule has 1 N–H and O–H groups in total. The molecule has 2 fully saturated rings. The Labute approximate surface area is 81.9 Å². The van der Waals surface area contributed by atoms with Gasteiger partial charge in [-0.25, -0.2) is 0 Å². The first-order chi connectivity index (χ1) is 6.24. The van der Waals surface area contributed by atoms with Crippen molar-refractivity contribution in [3.63, 3.8) is 0 Å². The summed E-state index contributed by atoms with van der Waals surface area (Å²) in [5, 5.41) is 9.14. The summed E-state index contributed by atoms with van der Waals surface area (Å²) in [4.78, 5) is 2.44. The quantitative estimate of drug-likeness (QED) is 0.708. The molecule has 78 valence electrons. The van der Waals surface area contributed by atoms with Crippen molar-refractivity contribution in [2.45, 2.75) is 46.2 Å². The third kappa shape index (κ3) is 2.05. The smallest absolute Gasteiger partial charge is 0.0589 e. The molecule has 3 atom stereocenters. The molecule has 0 spiro atoms. The topological polar surface area (TPSA) is 23.5 Å². The number of aliphatic hydroxyl groups is 1. The highest BCUT2D eigenvalue weighted by atomic mass is 16.3. The first kappa shape index (κ1) is 11.0. The van der Waals surface area contributed by atoms with E-state index in [4.69, 9.17) is 5.11 Å². The van der Waals surface area contributed by atoms with Crippen LogP contribution in [0.3, 0.4) is 0 Å². The molecule has 3 unspecified atom stereocenters. The van der Waals surface area contributed by atoms with Gasteiger partial charge in [0.2, 0.25) is 0 Å². The Morgan fingerprint density at radius 3 is 2.38 bits per heavy atom. The molecule has 0 amide bonds. The summed E-state index contributed by atoms with van der Waals surface area (Å²) >= 11 is 0. The number of aliphatic hydroxyl groups excluding tert-OH is 1. The van der Waals surface area contributed by atoms with Crippen LogP contribution in [0.5, 0.6) is 0 Å². The maximum absolute atomic E-state index is 9.14. The predicted octanol–water partition coefficient (Wildman–Crippen LogP) is 1.73. The number of rotatable bonds is 2. The van der Waals surface area contributed by atoms with Crippen LogP contribution in [-0.4, -0.2) is 35.2 Å². The highest BCUT2D eigenvalue weighted by molar-refractivity contribution is 5.04. The Morgan fingerprint density at radius 2 is 2.00 bits per heavy atom. The fraction of sp³-hybridized carbons (Fsp3) is 1.00. The maximum atomic E-state index is 9.14. The number of fused-ring (bicyclic) bond motifs is 1. The second kappa shape index (κ2) is 4.43. The van der Waals surface area contributed by atoms with Crippen molar-refractivity contribution in [1.82, 2.24) is 4.90 Å². The van der Waals surface area contributed by atoms with Gasteiger partial charge < -0.3 is 5.11 Å². The summed E-state index contributed by atoms with van der Waals surface area (Å²) in [7, 11) is 0. The molecule has 2 aliphatic rings. The van der Waals surface area contributed by atoms with Crippen molar-refractivity contribution in [1.29, 1.82) is 0 Å². The Hall–Kier alpha value is -0.0800. The van der Waals surface area contributed by atoms with E-state index in [1.54, 1.807) is 0 Å². The molecule has 13 heavy (non-hydrogen) atoms. The summed E-state index contributed by atoms with van der Waals surface area (Å²) < 4.78 is 0. The second-order valence-electron chi connectivity index (χ2n) is 4.20. The van der Waals surface area contributed by atoms with Crippen LogP contribution < -0.4 is 0 Å². The Bertz CT molecular complexity index is 158. The van der Waals surface area contributed by atoms with E-state index in [9.17, 15) is 0 Å². The average Bonchev–Trinajstić information content (AvgIpc) is 2.81. The van der Waals surface area contributed by atoms with Gasteiger partial charge in [0.05, 0.1) is 6.61 Å². The van der Waals surface area contributed by atoms with Crippen molar-refractivity contribution in [3.05, 3.63) is 0 Å². The van der Waals surface area contributed by atoms with Crippen molar-refractivity contribution in [2.24, 2.45) is 11.8 Å². The fourth-order valence-corrected chi connectivity index (χ4v) is 2.44. The van der Waals surface area contributed by atoms with Gasteiger partial charge in [-0.1, -0.05) is 13.8 Å². The monoisotopic (exact) mass is 185 g/mol. The predicted molar refractivity (Wildman–Crippen MR) is 55.7 cm³/mol. The van der Waals surface area contributed by atoms with Gasteiger partial charge in [-0.3, -0.25) is 4.90 Å². The number of piperidine rings is 1. The van der Waals surface area contributed by atoms with E-state index in [1.165, 1.54) is 13.0 Å². The van der Waals surface area contributed by atoms with Crippen LogP contribution in [0.2, 0.25) is 0 Å². The molecule has 1 aliphatic heterocycles. The summed E-state index contributed by atoms with van der Waals surface area (Å²) in [6.07, 6.45) is 1.37. The van der Waals surface area contributed by atoms with E-state index in [1.807, 2.05) is 13.8 Å². The van der Waals surface area contributed by atoms with Crippen molar-refractivity contribution >= 4 is 0 Å². The lowest BCUT2D eigenvalue weighted by molar-refractivity contribution is 0.111. The lowest BCUT2D eigenvalue weighted by Crippen LogP contribution is -2.40. The highest BCUT2D eigenvalue weighted by Gasteiger charge is 2.52. The summed E-state index contributed by atoms with van der Waals surface area (Å²) in [6.45, 7) is 10.0. The molecule has 0 bridgehead atoms. The maximum Gasteiger partial charge on any atom is 0.0589 e. The molecule has 2 rings (SSSR count). The molecule has 0 radical (unpaired) electrons. The highest BCUT2D eigenvalue weighted by Crippen LogP contribution is 2.49. The van der Waals surface area contributed by atoms with Crippen LogP contribution in [0.15, 0.2) is 0 Å². The zero-order valence-electron chi connectivity index (χ0n) is 9.33. The van der Waals surface area contributed by atoms with E-state index in [-0.39, 0.29) is 0 Å². The Balaban J connectivity index is 0.000000396. The van der Waals surface area contributed by atoms with Gasteiger partial charge in [-0.2, -0.15) is 0 Å².